The number of carbonyl (C=O) groups excluding carboxylic acids is 2. The van der Waals surface area contributed by atoms with Crippen molar-refractivity contribution in [2.45, 2.75) is 37.8 Å². The molecule has 22 heavy (non-hydrogen) atoms. The quantitative estimate of drug-likeness (QED) is 0.860. The van der Waals surface area contributed by atoms with E-state index < -0.39 is 29.3 Å². The van der Waals surface area contributed by atoms with E-state index in [1.54, 1.807) is 0 Å². The van der Waals surface area contributed by atoms with E-state index in [0.717, 1.165) is 12.8 Å². The van der Waals surface area contributed by atoms with Crippen LogP contribution in [0.3, 0.4) is 0 Å². The van der Waals surface area contributed by atoms with Crippen molar-refractivity contribution in [2.24, 2.45) is 11.1 Å². The molecule has 1 saturated carbocycles. The van der Waals surface area contributed by atoms with Gasteiger partial charge in [0.1, 0.15) is 11.9 Å². The molecular formula is C16H18FN2O3. The maximum Gasteiger partial charge on any atom is 0.243 e. The summed E-state index contributed by atoms with van der Waals surface area (Å²) in [5, 5.41) is 10.6. The zero-order chi connectivity index (χ0) is 15.9. The minimum atomic E-state index is -1.15. The molecule has 3 unspecified atom stereocenters. The van der Waals surface area contributed by atoms with Crippen LogP contribution in [0.4, 0.5) is 10.1 Å². The molecule has 1 radical (unpaired) electrons. The van der Waals surface area contributed by atoms with Crippen LogP contribution in [-0.2, 0) is 9.59 Å². The Hall–Kier alpha value is -1.95. The Labute approximate surface area is 127 Å². The number of halogens is 1. The molecule has 3 N–H and O–H groups in total. The lowest BCUT2D eigenvalue weighted by atomic mass is 9.70. The second-order valence-corrected chi connectivity index (χ2v) is 5.98. The first-order valence-corrected chi connectivity index (χ1v) is 7.36. The van der Waals surface area contributed by atoms with Crippen LogP contribution in [-0.4, -0.2) is 29.1 Å². The van der Waals surface area contributed by atoms with Crippen molar-refractivity contribution in [1.29, 1.82) is 0 Å². The Balaban J connectivity index is 2.05. The number of aliphatic hydroxyl groups excluding tert-OH is 1. The van der Waals surface area contributed by atoms with E-state index >= 15 is 0 Å². The van der Waals surface area contributed by atoms with Gasteiger partial charge in [-0.2, -0.15) is 0 Å². The van der Waals surface area contributed by atoms with Gasteiger partial charge in [0, 0.05) is 5.69 Å². The van der Waals surface area contributed by atoms with Gasteiger partial charge in [-0.1, -0.05) is 12.8 Å². The topological polar surface area (TPSA) is 83.6 Å². The van der Waals surface area contributed by atoms with E-state index in [9.17, 15) is 19.1 Å². The standard InChI is InChI=1S/C16H18FN2O3/c17-10-4-6-11(7-5-10)19-12(14(18)21)13(20)16(15(19)22)8-2-1-3-9-16/h2,4-7,12-13,20H,1,3,8-9H2,(H2,18,21). The summed E-state index contributed by atoms with van der Waals surface area (Å²) in [6.07, 6.45) is 3.43. The number of nitrogens with two attached hydrogens (primary N) is 1. The molecular weight excluding hydrogens is 287 g/mol. The zero-order valence-corrected chi connectivity index (χ0v) is 12.0. The van der Waals surface area contributed by atoms with Gasteiger partial charge in [0.05, 0.1) is 11.5 Å². The molecule has 117 valence electrons. The molecule has 1 saturated heterocycles. The lowest BCUT2D eigenvalue weighted by Gasteiger charge is -2.33. The number of amides is 2. The Kier molecular flexibility index (Phi) is 3.64. The molecule has 3 atom stereocenters. The maximum atomic E-state index is 13.1. The first-order valence-electron chi connectivity index (χ1n) is 7.36. The smallest absolute Gasteiger partial charge is 0.243 e. The number of benzene rings is 1. The van der Waals surface area contributed by atoms with Crippen molar-refractivity contribution in [3.05, 3.63) is 36.5 Å². The Bertz CT molecular complexity index is 596. The monoisotopic (exact) mass is 305 g/mol. The highest BCUT2D eigenvalue weighted by atomic mass is 19.1. The first kappa shape index (κ1) is 15.0. The summed E-state index contributed by atoms with van der Waals surface area (Å²) in [5.74, 6) is -1.51. The molecule has 0 aromatic heterocycles. The van der Waals surface area contributed by atoms with E-state index in [-0.39, 0.29) is 5.91 Å². The number of rotatable bonds is 2. The average molecular weight is 305 g/mol. The number of hydrogen-bond donors (Lipinski definition) is 2. The van der Waals surface area contributed by atoms with Crippen LogP contribution < -0.4 is 10.6 Å². The molecule has 1 aromatic rings. The third kappa shape index (κ3) is 2.09. The summed E-state index contributed by atoms with van der Waals surface area (Å²) in [6.45, 7) is 0. The summed E-state index contributed by atoms with van der Waals surface area (Å²) in [7, 11) is 0. The van der Waals surface area contributed by atoms with Crippen molar-refractivity contribution in [2.75, 3.05) is 4.90 Å². The minimum Gasteiger partial charge on any atom is -0.389 e. The molecule has 2 amide bonds. The summed E-state index contributed by atoms with van der Waals surface area (Å²) >= 11 is 0. The van der Waals surface area contributed by atoms with E-state index in [1.165, 1.54) is 29.2 Å². The number of nitrogens with zero attached hydrogens (tertiary/aromatic N) is 1. The predicted molar refractivity (Wildman–Crippen MR) is 78.1 cm³/mol. The molecule has 6 heteroatoms. The molecule has 1 aliphatic heterocycles. The van der Waals surface area contributed by atoms with Gasteiger partial charge in [0.2, 0.25) is 11.8 Å². The second-order valence-electron chi connectivity index (χ2n) is 5.98. The van der Waals surface area contributed by atoms with Crippen molar-refractivity contribution < 1.29 is 19.1 Å². The first-order chi connectivity index (χ1) is 10.5. The summed E-state index contributed by atoms with van der Waals surface area (Å²) < 4.78 is 13.1. The minimum absolute atomic E-state index is 0.314. The number of aliphatic hydroxyl groups is 1. The van der Waals surface area contributed by atoms with Crippen LogP contribution in [0.1, 0.15) is 25.7 Å². The lowest BCUT2D eigenvalue weighted by Crippen LogP contribution is -2.47. The van der Waals surface area contributed by atoms with Gasteiger partial charge < -0.3 is 10.8 Å². The lowest BCUT2D eigenvalue weighted by molar-refractivity contribution is -0.130. The van der Waals surface area contributed by atoms with Gasteiger partial charge in [-0.05, 0) is 43.5 Å². The fourth-order valence-electron chi connectivity index (χ4n) is 3.58. The van der Waals surface area contributed by atoms with Crippen molar-refractivity contribution in [3.8, 4) is 0 Å². The molecule has 1 heterocycles. The second kappa shape index (κ2) is 5.35. The van der Waals surface area contributed by atoms with Gasteiger partial charge in [0.15, 0.2) is 0 Å². The molecule has 1 spiro atoms. The van der Waals surface area contributed by atoms with Gasteiger partial charge in [-0.25, -0.2) is 4.39 Å². The predicted octanol–water partition coefficient (Wildman–Crippen LogP) is 1.15. The molecule has 3 rings (SSSR count). The SMILES string of the molecule is NC(=O)C1C(O)C2(C[CH]CCC2)C(=O)N1c1ccc(F)cc1. The van der Waals surface area contributed by atoms with E-state index in [0.29, 0.717) is 18.5 Å². The fourth-order valence-corrected chi connectivity index (χ4v) is 3.58. The largest absolute Gasteiger partial charge is 0.389 e. The van der Waals surface area contributed by atoms with Gasteiger partial charge >= 0.3 is 0 Å². The zero-order valence-electron chi connectivity index (χ0n) is 12.0. The van der Waals surface area contributed by atoms with Crippen LogP contribution in [0, 0.1) is 17.7 Å². The van der Waals surface area contributed by atoms with E-state index in [2.05, 4.69) is 0 Å². The summed E-state index contributed by atoms with van der Waals surface area (Å²) in [4.78, 5) is 26.0. The number of hydrogen-bond acceptors (Lipinski definition) is 3. The molecule has 5 nitrogen and oxygen atoms in total. The summed E-state index contributed by atoms with van der Waals surface area (Å²) in [6, 6.07) is 4.14. The molecule has 1 aromatic carbocycles. The van der Waals surface area contributed by atoms with Crippen LogP contribution in [0.15, 0.2) is 24.3 Å². The third-order valence-corrected chi connectivity index (χ3v) is 4.72. The fraction of sp³-hybridized carbons (Fsp3) is 0.438. The van der Waals surface area contributed by atoms with Crippen molar-refractivity contribution >= 4 is 17.5 Å². The average Bonchev–Trinajstić information content (AvgIpc) is 2.71. The third-order valence-electron chi connectivity index (χ3n) is 4.72. The van der Waals surface area contributed by atoms with Crippen LogP contribution in [0.5, 0.6) is 0 Å². The molecule has 2 aliphatic rings. The molecule has 2 fully saturated rings. The van der Waals surface area contributed by atoms with Gasteiger partial charge in [0.25, 0.3) is 0 Å². The summed E-state index contributed by atoms with van der Waals surface area (Å²) in [5.41, 5.74) is 4.80. The van der Waals surface area contributed by atoms with E-state index in [1.807, 2.05) is 6.42 Å². The number of carbonyl (C=O) groups is 2. The van der Waals surface area contributed by atoms with Crippen molar-refractivity contribution in [1.82, 2.24) is 0 Å². The highest BCUT2D eigenvalue weighted by Crippen LogP contribution is 2.48. The molecule has 1 aliphatic carbocycles. The van der Waals surface area contributed by atoms with Crippen molar-refractivity contribution in [3.63, 3.8) is 0 Å². The van der Waals surface area contributed by atoms with Crippen LogP contribution >= 0.6 is 0 Å². The van der Waals surface area contributed by atoms with Gasteiger partial charge in [-0.3, -0.25) is 14.5 Å². The number of anilines is 1. The highest BCUT2D eigenvalue weighted by molar-refractivity contribution is 6.08. The molecule has 0 bridgehead atoms. The maximum absolute atomic E-state index is 13.1. The Morgan fingerprint density at radius 1 is 1.36 bits per heavy atom. The van der Waals surface area contributed by atoms with Crippen LogP contribution in [0.2, 0.25) is 0 Å². The highest BCUT2D eigenvalue weighted by Gasteiger charge is 2.60. The Morgan fingerprint density at radius 3 is 2.59 bits per heavy atom. The van der Waals surface area contributed by atoms with Crippen LogP contribution in [0.25, 0.3) is 0 Å². The van der Waals surface area contributed by atoms with Gasteiger partial charge in [-0.15, -0.1) is 0 Å². The Morgan fingerprint density at radius 2 is 2.05 bits per heavy atom. The number of primary amides is 1. The normalized spacial score (nSPS) is 27.4. The van der Waals surface area contributed by atoms with E-state index in [4.69, 9.17) is 5.73 Å².